The van der Waals surface area contributed by atoms with Crippen molar-refractivity contribution in [2.45, 2.75) is 12.6 Å². The van der Waals surface area contributed by atoms with Gasteiger partial charge < -0.3 is 4.74 Å². The summed E-state index contributed by atoms with van der Waals surface area (Å²) in [5, 5.41) is 12.2. The highest BCUT2D eigenvalue weighted by Gasteiger charge is 2.56. The summed E-state index contributed by atoms with van der Waals surface area (Å²) in [4.78, 5) is 12.7. The third-order valence-corrected chi connectivity index (χ3v) is 5.41. The molecular formula is C16H12ClF2N5O2. The van der Waals surface area contributed by atoms with E-state index in [9.17, 15) is 13.6 Å². The minimum atomic E-state index is -0.587. The molecule has 2 fully saturated rings. The van der Waals surface area contributed by atoms with Crippen molar-refractivity contribution in [3.8, 4) is 0 Å². The summed E-state index contributed by atoms with van der Waals surface area (Å²) in [5.74, 6) is -0.605. The molecule has 1 aliphatic carbocycles. The fourth-order valence-corrected chi connectivity index (χ4v) is 3.83. The summed E-state index contributed by atoms with van der Waals surface area (Å²) in [6.45, 7) is 1.09. The molecule has 0 amide bonds. The molecule has 3 heterocycles. The molecule has 1 aliphatic heterocycles. The number of ether oxygens (including phenoxy) is 1. The third kappa shape index (κ3) is 2.27. The van der Waals surface area contributed by atoms with E-state index >= 15 is 0 Å². The van der Waals surface area contributed by atoms with Crippen molar-refractivity contribution in [2.24, 2.45) is 11.8 Å². The second-order valence-electron chi connectivity index (χ2n) is 6.58. The molecule has 0 spiro atoms. The summed E-state index contributed by atoms with van der Waals surface area (Å²) < 4.78 is 35.1. The normalized spacial score (nSPS) is 24.2. The largest absolute Gasteiger partial charge is 0.381 e. The Hall–Kier alpha value is -2.39. The first-order valence-corrected chi connectivity index (χ1v) is 8.45. The molecule has 26 heavy (non-hydrogen) atoms. The number of halogens is 3. The number of rotatable bonds is 3. The van der Waals surface area contributed by atoms with E-state index in [1.165, 1.54) is 9.36 Å². The van der Waals surface area contributed by atoms with Gasteiger partial charge in [0.1, 0.15) is 11.6 Å². The van der Waals surface area contributed by atoms with Crippen molar-refractivity contribution < 1.29 is 13.5 Å². The molecule has 0 N–H and O–H groups in total. The van der Waals surface area contributed by atoms with Gasteiger partial charge >= 0.3 is 0 Å². The summed E-state index contributed by atoms with van der Waals surface area (Å²) >= 11 is 6.23. The van der Waals surface area contributed by atoms with Gasteiger partial charge in [-0.05, 0) is 18.2 Å². The predicted octanol–water partition coefficient (Wildman–Crippen LogP) is 1.79. The molecule has 10 heteroatoms. The molecule has 134 valence electrons. The molecule has 1 saturated carbocycles. The molecular weight excluding hydrogens is 368 g/mol. The maximum absolute atomic E-state index is 13.9. The molecule has 1 unspecified atom stereocenters. The first kappa shape index (κ1) is 15.8. The zero-order chi connectivity index (χ0) is 18.0. The Labute approximate surface area is 150 Å². The molecule has 2 aliphatic rings. The van der Waals surface area contributed by atoms with E-state index in [-0.39, 0.29) is 46.2 Å². The second-order valence-corrected chi connectivity index (χ2v) is 6.93. The Morgan fingerprint density at radius 1 is 1.23 bits per heavy atom. The van der Waals surface area contributed by atoms with Crippen LogP contribution in [0.5, 0.6) is 0 Å². The van der Waals surface area contributed by atoms with Gasteiger partial charge in [-0.25, -0.2) is 18.1 Å². The highest BCUT2D eigenvalue weighted by molar-refractivity contribution is 6.33. The van der Waals surface area contributed by atoms with Crippen LogP contribution in [0, 0.1) is 23.5 Å². The van der Waals surface area contributed by atoms with Gasteiger partial charge in [0, 0.05) is 17.4 Å². The van der Waals surface area contributed by atoms with E-state index in [1.54, 1.807) is 0 Å². The molecule has 1 aromatic carbocycles. The summed E-state index contributed by atoms with van der Waals surface area (Å²) in [6.07, 6.45) is 0. The van der Waals surface area contributed by atoms with Crippen molar-refractivity contribution >= 4 is 22.6 Å². The van der Waals surface area contributed by atoms with Crippen LogP contribution in [0.25, 0.3) is 11.0 Å². The first-order chi connectivity index (χ1) is 12.5. The zero-order valence-electron chi connectivity index (χ0n) is 13.3. The van der Waals surface area contributed by atoms with E-state index in [0.29, 0.717) is 13.2 Å². The van der Waals surface area contributed by atoms with Crippen molar-refractivity contribution in [3.63, 3.8) is 0 Å². The van der Waals surface area contributed by atoms with Crippen LogP contribution >= 0.6 is 11.6 Å². The average Bonchev–Trinajstić information content (AvgIpc) is 2.95. The van der Waals surface area contributed by atoms with E-state index in [4.69, 9.17) is 16.3 Å². The summed E-state index contributed by atoms with van der Waals surface area (Å²) in [5.41, 5.74) is -0.115. The van der Waals surface area contributed by atoms with Crippen molar-refractivity contribution in [1.29, 1.82) is 0 Å². The van der Waals surface area contributed by atoms with Gasteiger partial charge in [0.2, 0.25) is 0 Å². The predicted molar refractivity (Wildman–Crippen MR) is 86.9 cm³/mol. The lowest BCUT2D eigenvalue weighted by molar-refractivity contribution is 0.149. The molecule has 5 rings (SSSR count). The number of hydrogen-bond acceptors (Lipinski definition) is 5. The van der Waals surface area contributed by atoms with E-state index in [2.05, 4.69) is 15.4 Å². The topological polar surface area (TPSA) is 74.8 Å². The summed E-state index contributed by atoms with van der Waals surface area (Å²) in [7, 11) is 0. The third-order valence-electron chi connectivity index (χ3n) is 5.04. The van der Waals surface area contributed by atoms with Gasteiger partial charge in [-0.2, -0.15) is 5.10 Å². The highest BCUT2D eigenvalue weighted by Crippen LogP contribution is 2.53. The number of hydrogen-bond donors (Lipinski definition) is 0. The standard InChI is InChI=1S/C16H12ClF2N5O2/c17-15-12-13(21-23(15)4-7-3-8(18)1-2-11(7)19)16(25)24(22-20-12)14-9-5-26-6-10(9)14/h1-3,9-10,14H,4-6H2/t9-,10+,14?. The molecule has 1 saturated heterocycles. The van der Waals surface area contributed by atoms with Crippen molar-refractivity contribution in [2.75, 3.05) is 13.2 Å². The Balaban J connectivity index is 1.55. The van der Waals surface area contributed by atoms with Crippen molar-refractivity contribution in [3.05, 3.63) is 50.9 Å². The van der Waals surface area contributed by atoms with Gasteiger partial charge in [-0.15, -0.1) is 5.10 Å². The number of nitrogens with zero attached hydrogens (tertiary/aromatic N) is 5. The Bertz CT molecular complexity index is 1090. The van der Waals surface area contributed by atoms with Crippen LogP contribution in [0.2, 0.25) is 5.15 Å². The zero-order valence-corrected chi connectivity index (χ0v) is 14.0. The minimum absolute atomic E-state index is 0.0299. The van der Waals surface area contributed by atoms with Crippen molar-refractivity contribution in [1.82, 2.24) is 24.8 Å². The van der Waals surface area contributed by atoms with Crippen LogP contribution in [-0.4, -0.2) is 38.0 Å². The molecule has 0 radical (unpaired) electrons. The average molecular weight is 380 g/mol. The number of benzene rings is 1. The van der Waals surface area contributed by atoms with Crippen LogP contribution in [-0.2, 0) is 11.3 Å². The summed E-state index contributed by atoms with van der Waals surface area (Å²) in [6, 6.07) is 3.09. The highest BCUT2D eigenvalue weighted by atomic mass is 35.5. The Kier molecular flexibility index (Phi) is 3.38. The molecule has 7 nitrogen and oxygen atoms in total. The van der Waals surface area contributed by atoms with E-state index in [1.807, 2.05) is 0 Å². The van der Waals surface area contributed by atoms with Crippen LogP contribution < -0.4 is 5.56 Å². The minimum Gasteiger partial charge on any atom is -0.381 e. The SMILES string of the molecule is O=c1c2nn(Cc3cc(F)ccc3F)c(Cl)c2nnn1C1[C@H]2COC[C@@H]12. The number of fused-ring (bicyclic) bond motifs is 2. The number of aromatic nitrogens is 5. The van der Waals surface area contributed by atoms with Crippen LogP contribution in [0.3, 0.4) is 0 Å². The van der Waals surface area contributed by atoms with Crippen LogP contribution in [0.15, 0.2) is 23.0 Å². The van der Waals surface area contributed by atoms with Gasteiger partial charge in [0.25, 0.3) is 5.56 Å². The monoisotopic (exact) mass is 379 g/mol. The lowest BCUT2D eigenvalue weighted by atomic mass is 10.2. The molecule has 2 aromatic heterocycles. The van der Waals surface area contributed by atoms with Gasteiger partial charge in [-0.3, -0.25) is 4.79 Å². The quantitative estimate of drug-likeness (QED) is 0.693. The molecule has 3 aromatic rings. The lowest BCUT2D eigenvalue weighted by Gasteiger charge is -2.05. The maximum Gasteiger partial charge on any atom is 0.298 e. The van der Waals surface area contributed by atoms with Crippen LogP contribution in [0.1, 0.15) is 11.6 Å². The maximum atomic E-state index is 13.9. The van der Waals surface area contributed by atoms with Gasteiger partial charge in [0.05, 0.1) is 25.8 Å². The van der Waals surface area contributed by atoms with Crippen LogP contribution in [0.4, 0.5) is 8.78 Å². The molecule has 0 bridgehead atoms. The lowest BCUT2D eigenvalue weighted by Crippen LogP contribution is -2.26. The van der Waals surface area contributed by atoms with E-state index < -0.39 is 17.2 Å². The molecule has 3 atom stereocenters. The Morgan fingerprint density at radius 2 is 2.00 bits per heavy atom. The van der Waals surface area contributed by atoms with Gasteiger partial charge in [0.15, 0.2) is 16.2 Å². The fourth-order valence-electron chi connectivity index (χ4n) is 3.60. The fraction of sp³-hybridized carbons (Fsp3) is 0.375. The second kappa shape index (κ2) is 5.55. The van der Waals surface area contributed by atoms with Gasteiger partial charge in [-0.1, -0.05) is 16.8 Å². The Morgan fingerprint density at radius 3 is 2.77 bits per heavy atom. The first-order valence-electron chi connectivity index (χ1n) is 8.08. The van der Waals surface area contributed by atoms with E-state index in [0.717, 1.165) is 18.2 Å². The smallest absolute Gasteiger partial charge is 0.298 e.